The third-order valence-corrected chi connectivity index (χ3v) is 4.98. The van der Waals surface area contributed by atoms with Crippen LogP contribution in [0.4, 0.5) is 5.69 Å². The van der Waals surface area contributed by atoms with Gasteiger partial charge in [0.1, 0.15) is 22.4 Å². The van der Waals surface area contributed by atoms with Crippen LogP contribution in [0.5, 0.6) is 5.75 Å². The highest BCUT2D eigenvalue weighted by Crippen LogP contribution is 2.29. The summed E-state index contributed by atoms with van der Waals surface area (Å²) in [4.78, 5) is 4.55. The number of hydrogen-bond acceptors (Lipinski definition) is 5. The minimum Gasteiger partial charge on any atom is -0.497 e. The molecule has 4 nitrogen and oxygen atoms in total. The Bertz CT molecular complexity index is 991. The number of ether oxygens (including phenoxy) is 1. The minimum atomic E-state index is 0.408. The van der Waals surface area contributed by atoms with E-state index in [4.69, 9.17) is 27.9 Å². The van der Waals surface area contributed by atoms with Crippen LogP contribution in [0.3, 0.4) is 0 Å². The number of aromatic nitrogens is 1. The molecule has 0 spiro atoms. The predicted octanol–water partition coefficient (Wildman–Crippen LogP) is 6.10. The summed E-state index contributed by atoms with van der Waals surface area (Å²) >= 11 is 13.5. The molecule has 1 heterocycles. The number of thiazole rings is 1. The van der Waals surface area contributed by atoms with Crippen LogP contribution in [0.1, 0.15) is 5.01 Å². The number of nitrogens with zero attached hydrogens (tertiary/aromatic N) is 2. The predicted molar refractivity (Wildman–Crippen MR) is 108 cm³/mol. The van der Waals surface area contributed by atoms with Crippen LogP contribution in [0.25, 0.3) is 16.8 Å². The van der Waals surface area contributed by atoms with Crippen molar-refractivity contribution in [1.82, 2.24) is 4.98 Å². The Hall–Kier alpha value is -2.52. The molecule has 0 bridgehead atoms. The number of nitrogens with one attached hydrogen (secondary N) is 1. The maximum atomic E-state index is 9.46. The first-order valence-electron chi connectivity index (χ1n) is 7.53. The fourth-order valence-electron chi connectivity index (χ4n) is 2.19. The van der Waals surface area contributed by atoms with Crippen molar-refractivity contribution in [2.24, 2.45) is 0 Å². The molecule has 0 saturated carbocycles. The van der Waals surface area contributed by atoms with Crippen LogP contribution in [0, 0.1) is 11.3 Å². The fraction of sp³-hybridized carbons (Fsp3) is 0.0526. The second-order valence-corrected chi connectivity index (χ2v) is 6.91. The van der Waals surface area contributed by atoms with Gasteiger partial charge in [-0.3, -0.25) is 0 Å². The van der Waals surface area contributed by atoms with Crippen molar-refractivity contribution in [2.45, 2.75) is 0 Å². The topological polar surface area (TPSA) is 57.9 Å². The van der Waals surface area contributed by atoms with E-state index in [0.29, 0.717) is 26.3 Å². The van der Waals surface area contributed by atoms with Gasteiger partial charge in [0.15, 0.2) is 0 Å². The van der Waals surface area contributed by atoms with E-state index in [1.54, 1.807) is 31.5 Å². The molecule has 0 aliphatic heterocycles. The summed E-state index contributed by atoms with van der Waals surface area (Å²) in [5.74, 6) is 0.782. The monoisotopic (exact) mass is 401 g/mol. The van der Waals surface area contributed by atoms with Gasteiger partial charge in [-0.2, -0.15) is 5.26 Å². The van der Waals surface area contributed by atoms with E-state index in [9.17, 15) is 5.26 Å². The normalized spacial score (nSPS) is 11.1. The first-order valence-corrected chi connectivity index (χ1v) is 9.16. The molecule has 7 heteroatoms. The van der Waals surface area contributed by atoms with Crippen molar-refractivity contribution in [3.8, 4) is 23.1 Å². The van der Waals surface area contributed by atoms with E-state index >= 15 is 0 Å². The quantitative estimate of drug-likeness (QED) is 0.524. The summed E-state index contributed by atoms with van der Waals surface area (Å²) in [6.45, 7) is 0. The van der Waals surface area contributed by atoms with Gasteiger partial charge in [-0.15, -0.1) is 11.3 Å². The third kappa shape index (κ3) is 4.17. The summed E-state index contributed by atoms with van der Waals surface area (Å²) in [6, 6.07) is 14.8. The maximum absolute atomic E-state index is 9.46. The van der Waals surface area contributed by atoms with Gasteiger partial charge in [-0.25, -0.2) is 4.98 Å². The van der Waals surface area contributed by atoms with Gasteiger partial charge in [0.25, 0.3) is 0 Å². The first kappa shape index (κ1) is 18.3. The molecule has 1 aromatic heterocycles. The Balaban J connectivity index is 1.83. The molecular weight excluding hydrogens is 389 g/mol. The van der Waals surface area contributed by atoms with Gasteiger partial charge < -0.3 is 10.1 Å². The number of hydrogen-bond donors (Lipinski definition) is 1. The Morgan fingerprint density at radius 2 is 2.00 bits per heavy atom. The van der Waals surface area contributed by atoms with E-state index in [-0.39, 0.29) is 0 Å². The van der Waals surface area contributed by atoms with Gasteiger partial charge in [0, 0.05) is 22.2 Å². The van der Waals surface area contributed by atoms with Crippen LogP contribution in [0.2, 0.25) is 10.0 Å². The molecule has 0 saturated heterocycles. The lowest BCUT2D eigenvalue weighted by molar-refractivity contribution is 0.415. The van der Waals surface area contributed by atoms with Crippen LogP contribution in [0.15, 0.2) is 54.0 Å². The van der Waals surface area contributed by atoms with E-state index in [1.165, 1.54) is 11.3 Å². The molecule has 0 amide bonds. The van der Waals surface area contributed by atoms with Gasteiger partial charge in [0.2, 0.25) is 0 Å². The molecule has 130 valence electrons. The third-order valence-electron chi connectivity index (χ3n) is 3.54. The van der Waals surface area contributed by atoms with Crippen LogP contribution < -0.4 is 10.1 Å². The van der Waals surface area contributed by atoms with Crippen molar-refractivity contribution in [1.29, 1.82) is 5.26 Å². The summed E-state index contributed by atoms with van der Waals surface area (Å²) in [5.41, 5.74) is 2.79. The molecule has 0 atom stereocenters. The van der Waals surface area contributed by atoms with Crippen LogP contribution in [-0.4, -0.2) is 12.1 Å². The van der Waals surface area contributed by atoms with Crippen LogP contribution >= 0.6 is 34.5 Å². The average molecular weight is 402 g/mol. The standard InChI is InChI=1S/C19H13Cl2N3OS/c1-25-15-5-2-12(3-6-15)18-11-26-19(24-18)13(9-22)10-23-17-8-14(20)4-7-16(17)21/h2-8,10-11,23H,1H3/b13-10-. The van der Waals surface area contributed by atoms with E-state index in [1.807, 2.05) is 29.6 Å². The van der Waals surface area contributed by atoms with Gasteiger partial charge in [-0.1, -0.05) is 23.2 Å². The number of halogens is 2. The van der Waals surface area contributed by atoms with Gasteiger partial charge in [0.05, 0.1) is 23.5 Å². The number of nitriles is 1. The summed E-state index contributed by atoms with van der Waals surface area (Å²) < 4.78 is 5.16. The smallest absolute Gasteiger partial charge is 0.136 e. The Kier molecular flexibility index (Phi) is 5.79. The summed E-state index contributed by atoms with van der Waals surface area (Å²) in [5, 5.41) is 16.1. The molecule has 26 heavy (non-hydrogen) atoms. The van der Waals surface area contributed by atoms with Crippen molar-refractivity contribution in [3.63, 3.8) is 0 Å². The number of allylic oxidation sites excluding steroid dienone is 1. The first-order chi connectivity index (χ1) is 12.6. The maximum Gasteiger partial charge on any atom is 0.136 e. The molecule has 0 fully saturated rings. The molecule has 3 rings (SSSR count). The SMILES string of the molecule is COc1ccc(-c2csc(/C(C#N)=C\Nc3cc(Cl)ccc3Cl)n2)cc1. The largest absolute Gasteiger partial charge is 0.497 e. The fourth-order valence-corrected chi connectivity index (χ4v) is 3.33. The summed E-state index contributed by atoms with van der Waals surface area (Å²) in [7, 11) is 1.62. The lowest BCUT2D eigenvalue weighted by atomic mass is 10.2. The van der Waals surface area contributed by atoms with Crippen LogP contribution in [-0.2, 0) is 0 Å². The molecule has 0 radical (unpaired) electrons. The Morgan fingerprint density at radius 3 is 2.69 bits per heavy atom. The number of benzene rings is 2. The summed E-state index contributed by atoms with van der Waals surface area (Å²) in [6.07, 6.45) is 1.58. The van der Waals surface area contributed by atoms with Crippen molar-refractivity contribution < 1.29 is 4.74 Å². The highest BCUT2D eigenvalue weighted by Gasteiger charge is 2.10. The highest BCUT2D eigenvalue weighted by molar-refractivity contribution is 7.11. The second kappa shape index (κ2) is 8.24. The Morgan fingerprint density at radius 1 is 1.23 bits per heavy atom. The van der Waals surface area contributed by atoms with Crippen molar-refractivity contribution in [2.75, 3.05) is 12.4 Å². The number of rotatable bonds is 5. The highest BCUT2D eigenvalue weighted by atomic mass is 35.5. The molecule has 0 aliphatic rings. The molecule has 1 N–H and O–H groups in total. The van der Waals surface area contributed by atoms with E-state index in [0.717, 1.165) is 17.0 Å². The van der Waals surface area contributed by atoms with Crippen molar-refractivity contribution in [3.05, 3.63) is 69.1 Å². The van der Waals surface area contributed by atoms with Crippen molar-refractivity contribution >= 4 is 45.8 Å². The minimum absolute atomic E-state index is 0.408. The second-order valence-electron chi connectivity index (χ2n) is 5.20. The molecule has 2 aromatic carbocycles. The van der Waals surface area contributed by atoms with Gasteiger partial charge >= 0.3 is 0 Å². The lowest BCUT2D eigenvalue weighted by Gasteiger charge is -2.04. The molecular formula is C19H13Cl2N3OS. The molecule has 0 aliphatic carbocycles. The van der Waals surface area contributed by atoms with E-state index in [2.05, 4.69) is 16.4 Å². The zero-order valence-corrected chi connectivity index (χ0v) is 16.0. The van der Waals surface area contributed by atoms with Gasteiger partial charge in [-0.05, 0) is 42.5 Å². The molecule has 3 aromatic rings. The number of methoxy groups -OCH3 is 1. The Labute approximate surface area is 165 Å². The zero-order valence-electron chi connectivity index (χ0n) is 13.7. The van der Waals surface area contributed by atoms with E-state index < -0.39 is 0 Å². The average Bonchev–Trinajstić information content (AvgIpc) is 3.15. The zero-order chi connectivity index (χ0) is 18.5. The molecule has 0 unspecified atom stereocenters. The lowest BCUT2D eigenvalue weighted by Crippen LogP contribution is -1.92. The number of anilines is 1.